The van der Waals surface area contributed by atoms with Crippen molar-refractivity contribution < 1.29 is 23.9 Å². The van der Waals surface area contributed by atoms with Crippen LogP contribution in [0.1, 0.15) is 74.0 Å². The molecule has 0 bridgehead atoms. The first-order chi connectivity index (χ1) is 20.9. The van der Waals surface area contributed by atoms with Gasteiger partial charge in [-0.1, -0.05) is 48.7 Å². The number of hydrogen-bond donors (Lipinski definition) is 1. The molecule has 1 heterocycles. The highest BCUT2D eigenvalue weighted by Gasteiger charge is 2.37. The third kappa shape index (κ3) is 6.53. The van der Waals surface area contributed by atoms with Crippen molar-refractivity contribution in [1.29, 1.82) is 0 Å². The first kappa shape index (κ1) is 29.8. The lowest BCUT2D eigenvalue weighted by molar-refractivity contribution is -0.128. The van der Waals surface area contributed by atoms with Gasteiger partial charge in [-0.15, -0.1) is 5.10 Å². The van der Waals surface area contributed by atoms with E-state index in [9.17, 15) is 14.4 Å². The molecule has 10 nitrogen and oxygen atoms in total. The van der Waals surface area contributed by atoms with Gasteiger partial charge in [0.15, 0.2) is 0 Å². The first-order valence-corrected chi connectivity index (χ1v) is 14.8. The Morgan fingerprint density at radius 2 is 1.67 bits per heavy atom. The van der Waals surface area contributed by atoms with Gasteiger partial charge in [0.25, 0.3) is 5.91 Å². The van der Waals surface area contributed by atoms with E-state index in [4.69, 9.17) is 9.47 Å². The molecule has 1 aromatic heterocycles. The normalized spacial score (nSPS) is 15.0. The summed E-state index contributed by atoms with van der Waals surface area (Å²) in [6, 6.07) is 19.3. The van der Waals surface area contributed by atoms with Crippen molar-refractivity contribution in [2.45, 2.75) is 64.1 Å². The van der Waals surface area contributed by atoms with Crippen molar-refractivity contribution >= 4 is 34.5 Å². The minimum Gasteiger partial charge on any atom is -0.497 e. The van der Waals surface area contributed by atoms with Crippen LogP contribution in [0.2, 0.25) is 0 Å². The lowest BCUT2D eigenvalue weighted by atomic mass is 9.94. The number of amides is 2. The highest BCUT2D eigenvalue weighted by atomic mass is 16.5. The monoisotopic (exact) mass is 583 g/mol. The van der Waals surface area contributed by atoms with Crippen LogP contribution in [-0.4, -0.2) is 52.5 Å². The van der Waals surface area contributed by atoms with Gasteiger partial charge in [-0.2, -0.15) is 0 Å². The van der Waals surface area contributed by atoms with Crippen LogP contribution in [-0.2, 0) is 14.3 Å². The molecule has 5 rings (SSSR count). The Balaban J connectivity index is 1.60. The Bertz CT molecular complexity index is 1560. The fourth-order valence-corrected chi connectivity index (χ4v) is 5.59. The molecule has 1 aliphatic rings. The summed E-state index contributed by atoms with van der Waals surface area (Å²) >= 11 is 0. The number of methoxy groups -OCH3 is 1. The molecule has 43 heavy (non-hydrogen) atoms. The largest absolute Gasteiger partial charge is 0.497 e. The van der Waals surface area contributed by atoms with E-state index < -0.39 is 18.1 Å². The van der Waals surface area contributed by atoms with Gasteiger partial charge in [-0.3, -0.25) is 14.5 Å². The first-order valence-electron chi connectivity index (χ1n) is 14.8. The zero-order valence-corrected chi connectivity index (χ0v) is 24.7. The molecule has 0 saturated heterocycles. The van der Waals surface area contributed by atoms with E-state index in [1.807, 2.05) is 24.3 Å². The van der Waals surface area contributed by atoms with Gasteiger partial charge in [-0.05, 0) is 80.8 Å². The maximum absolute atomic E-state index is 14.6. The van der Waals surface area contributed by atoms with E-state index in [1.54, 1.807) is 74.2 Å². The molecule has 2 atom stereocenters. The van der Waals surface area contributed by atoms with Crippen LogP contribution in [0.15, 0.2) is 72.8 Å². The predicted octanol–water partition coefficient (Wildman–Crippen LogP) is 5.40. The van der Waals surface area contributed by atoms with Crippen LogP contribution in [0.5, 0.6) is 5.75 Å². The van der Waals surface area contributed by atoms with E-state index in [0.717, 1.165) is 32.1 Å². The molecular formula is C33H37N5O5. The van der Waals surface area contributed by atoms with Gasteiger partial charge in [0.2, 0.25) is 5.91 Å². The smallest absolute Gasteiger partial charge is 0.338 e. The molecule has 0 radical (unpaired) electrons. The quantitative estimate of drug-likeness (QED) is 0.249. The molecule has 0 spiro atoms. The number of benzene rings is 3. The van der Waals surface area contributed by atoms with Crippen molar-refractivity contribution in [3.05, 3.63) is 83.9 Å². The number of aromatic nitrogens is 3. The fourth-order valence-electron chi connectivity index (χ4n) is 5.59. The van der Waals surface area contributed by atoms with Gasteiger partial charge < -0.3 is 14.8 Å². The van der Waals surface area contributed by atoms with Crippen LogP contribution < -0.4 is 15.0 Å². The number of ether oxygens (including phenoxy) is 2. The predicted molar refractivity (Wildman–Crippen MR) is 163 cm³/mol. The summed E-state index contributed by atoms with van der Waals surface area (Å²) in [5, 5.41) is 11.7. The zero-order chi connectivity index (χ0) is 30.3. The maximum atomic E-state index is 14.6. The number of nitrogens with zero attached hydrogens (tertiary/aromatic N) is 4. The number of carbonyl (C=O) groups excluding carboxylic acids is 3. The Morgan fingerprint density at radius 3 is 2.35 bits per heavy atom. The average Bonchev–Trinajstić information content (AvgIpc) is 3.48. The van der Waals surface area contributed by atoms with Crippen LogP contribution in [0.3, 0.4) is 0 Å². The van der Waals surface area contributed by atoms with Crippen molar-refractivity contribution in [3.63, 3.8) is 0 Å². The van der Waals surface area contributed by atoms with Crippen LogP contribution in [0.4, 0.5) is 5.69 Å². The van der Waals surface area contributed by atoms with Crippen LogP contribution in [0, 0.1) is 0 Å². The second-order valence-corrected chi connectivity index (χ2v) is 10.7. The highest BCUT2D eigenvalue weighted by molar-refractivity contribution is 6.03. The van der Waals surface area contributed by atoms with E-state index in [0.29, 0.717) is 33.6 Å². The van der Waals surface area contributed by atoms with Crippen molar-refractivity contribution in [2.24, 2.45) is 0 Å². The van der Waals surface area contributed by atoms with Crippen molar-refractivity contribution in [2.75, 3.05) is 18.6 Å². The van der Waals surface area contributed by atoms with Gasteiger partial charge in [-0.25, -0.2) is 9.48 Å². The van der Waals surface area contributed by atoms with Gasteiger partial charge >= 0.3 is 5.97 Å². The lowest BCUT2D eigenvalue weighted by Gasteiger charge is -2.35. The van der Waals surface area contributed by atoms with E-state index in [2.05, 4.69) is 15.6 Å². The number of hydrogen-bond acceptors (Lipinski definition) is 7. The average molecular weight is 584 g/mol. The third-order valence-electron chi connectivity index (χ3n) is 7.89. The number of rotatable bonds is 10. The van der Waals surface area contributed by atoms with E-state index >= 15 is 0 Å². The molecular weight excluding hydrogens is 546 g/mol. The van der Waals surface area contributed by atoms with Gasteiger partial charge in [0, 0.05) is 11.7 Å². The second kappa shape index (κ2) is 13.5. The Kier molecular flexibility index (Phi) is 9.34. The molecule has 4 aromatic rings. The molecule has 1 aliphatic carbocycles. The number of esters is 1. The number of carbonyl (C=O) groups is 3. The molecule has 1 fully saturated rings. The molecule has 0 unspecified atom stereocenters. The zero-order valence-electron chi connectivity index (χ0n) is 24.7. The lowest BCUT2D eigenvalue weighted by Crippen LogP contribution is -2.49. The van der Waals surface area contributed by atoms with Crippen molar-refractivity contribution in [3.8, 4) is 5.75 Å². The number of para-hydroxylation sites is 1. The Labute approximate surface area is 251 Å². The Hall–Kier alpha value is -4.73. The minimum atomic E-state index is -1.01. The standard InChI is InChI=1S/C33H37N5O5/c1-4-43-33(41)24-14-18-26(19-15-24)37(32(40)22(2)38-29-13-9-8-12-28(29)35-36-38)30(23-16-20-27(42-3)21-17-23)31(39)34-25-10-6-5-7-11-25/h8-9,12-22,25,30H,4-7,10-11H2,1-3H3,(H,34,39)/t22-,30-/m1/s1. The van der Waals surface area contributed by atoms with E-state index in [-0.39, 0.29) is 24.5 Å². The summed E-state index contributed by atoms with van der Waals surface area (Å²) in [5.74, 6) is -0.472. The molecule has 3 aromatic carbocycles. The van der Waals surface area contributed by atoms with Crippen LogP contribution >= 0.6 is 0 Å². The van der Waals surface area contributed by atoms with Gasteiger partial charge in [0.1, 0.15) is 23.3 Å². The second-order valence-electron chi connectivity index (χ2n) is 10.7. The summed E-state index contributed by atoms with van der Waals surface area (Å²) in [6.07, 6.45) is 5.03. The summed E-state index contributed by atoms with van der Waals surface area (Å²) in [4.78, 5) is 42.7. The van der Waals surface area contributed by atoms with Crippen molar-refractivity contribution in [1.82, 2.24) is 20.3 Å². The Morgan fingerprint density at radius 1 is 0.977 bits per heavy atom. The summed E-state index contributed by atoms with van der Waals surface area (Å²) in [6.45, 7) is 3.73. The number of fused-ring (bicyclic) bond motifs is 1. The topological polar surface area (TPSA) is 116 Å². The molecule has 224 valence electrons. The summed E-state index contributed by atoms with van der Waals surface area (Å²) in [5.41, 5.74) is 2.78. The number of nitrogens with one attached hydrogen (secondary N) is 1. The highest BCUT2D eigenvalue weighted by Crippen LogP contribution is 2.33. The molecule has 10 heteroatoms. The summed E-state index contributed by atoms with van der Waals surface area (Å²) < 4.78 is 12.1. The molecule has 1 saturated carbocycles. The molecule has 1 N–H and O–H groups in total. The minimum absolute atomic E-state index is 0.0295. The van der Waals surface area contributed by atoms with Crippen LogP contribution in [0.25, 0.3) is 11.0 Å². The summed E-state index contributed by atoms with van der Waals surface area (Å²) in [7, 11) is 1.58. The van der Waals surface area contributed by atoms with Gasteiger partial charge in [0.05, 0.1) is 24.8 Å². The molecule has 0 aliphatic heterocycles. The molecule has 2 amide bonds. The SMILES string of the molecule is CCOC(=O)c1ccc(N(C(=O)[C@@H](C)n2nnc3ccccc32)[C@@H](C(=O)NC2CCCCC2)c2ccc(OC)cc2)cc1. The third-order valence-corrected chi connectivity index (χ3v) is 7.89. The number of anilines is 1. The van der Waals surface area contributed by atoms with E-state index in [1.165, 1.54) is 4.90 Å². The maximum Gasteiger partial charge on any atom is 0.338 e. The fraction of sp³-hybridized carbons (Fsp3) is 0.364.